The molecule has 5 nitrogen and oxygen atoms in total. The third kappa shape index (κ3) is 3.30. The van der Waals surface area contributed by atoms with Crippen molar-refractivity contribution in [2.45, 2.75) is 13.8 Å². The van der Waals surface area contributed by atoms with E-state index in [9.17, 15) is 4.79 Å². The summed E-state index contributed by atoms with van der Waals surface area (Å²) >= 11 is 0. The Labute approximate surface area is 119 Å². The van der Waals surface area contributed by atoms with Crippen molar-refractivity contribution in [1.29, 1.82) is 0 Å². The lowest BCUT2D eigenvalue weighted by Crippen LogP contribution is -2.34. The van der Waals surface area contributed by atoms with E-state index in [0.717, 1.165) is 30.5 Å². The van der Waals surface area contributed by atoms with Crippen molar-refractivity contribution in [2.24, 2.45) is 0 Å². The van der Waals surface area contributed by atoms with Crippen LogP contribution in [0.3, 0.4) is 0 Å². The summed E-state index contributed by atoms with van der Waals surface area (Å²) in [5, 5.41) is 3.89. The Morgan fingerprint density at radius 1 is 1.30 bits per heavy atom. The molecule has 5 heteroatoms. The summed E-state index contributed by atoms with van der Waals surface area (Å²) in [5.74, 6) is -0.0769. The summed E-state index contributed by atoms with van der Waals surface area (Å²) in [4.78, 5) is 17.4. The molecule has 1 aromatic carbocycles. The van der Waals surface area contributed by atoms with E-state index in [1.165, 1.54) is 0 Å². The molecule has 0 spiro atoms. The van der Waals surface area contributed by atoms with Crippen LogP contribution in [-0.4, -0.2) is 42.0 Å². The Morgan fingerprint density at radius 3 is 2.75 bits per heavy atom. The fourth-order valence-corrected chi connectivity index (χ4v) is 2.24. The number of hydrogen-bond donors (Lipinski definition) is 3. The SMILES string of the molecule is CCN(CC)CCNC(=O)c1cc2cc(N)ccc2[nH]1. The second-order valence-electron chi connectivity index (χ2n) is 4.81. The zero-order valence-electron chi connectivity index (χ0n) is 12.1. The Bertz CT molecular complexity index is 587. The van der Waals surface area contributed by atoms with Crippen LogP contribution in [0.4, 0.5) is 5.69 Å². The van der Waals surface area contributed by atoms with Gasteiger partial charge in [-0.05, 0) is 37.4 Å². The quantitative estimate of drug-likeness (QED) is 0.703. The monoisotopic (exact) mass is 274 g/mol. The number of nitrogens with two attached hydrogens (primary N) is 1. The summed E-state index contributed by atoms with van der Waals surface area (Å²) in [7, 11) is 0. The number of benzene rings is 1. The summed E-state index contributed by atoms with van der Waals surface area (Å²) in [5.41, 5.74) is 7.93. The largest absolute Gasteiger partial charge is 0.399 e. The molecule has 20 heavy (non-hydrogen) atoms. The number of nitrogens with zero attached hydrogens (tertiary/aromatic N) is 1. The van der Waals surface area contributed by atoms with Crippen LogP contribution in [0.2, 0.25) is 0 Å². The number of H-pyrrole nitrogens is 1. The predicted molar refractivity (Wildman–Crippen MR) is 82.8 cm³/mol. The number of amides is 1. The van der Waals surface area contributed by atoms with Gasteiger partial charge in [-0.2, -0.15) is 0 Å². The van der Waals surface area contributed by atoms with Crippen molar-refractivity contribution in [2.75, 3.05) is 31.9 Å². The zero-order chi connectivity index (χ0) is 14.5. The molecule has 0 saturated carbocycles. The molecule has 0 aliphatic carbocycles. The lowest BCUT2D eigenvalue weighted by atomic mass is 10.2. The highest BCUT2D eigenvalue weighted by molar-refractivity contribution is 5.98. The van der Waals surface area contributed by atoms with Crippen molar-refractivity contribution in [3.05, 3.63) is 30.0 Å². The fraction of sp³-hybridized carbons (Fsp3) is 0.400. The van der Waals surface area contributed by atoms with Crippen LogP contribution in [0.5, 0.6) is 0 Å². The van der Waals surface area contributed by atoms with Gasteiger partial charge in [0.2, 0.25) is 0 Å². The van der Waals surface area contributed by atoms with Crippen molar-refractivity contribution in [1.82, 2.24) is 15.2 Å². The maximum atomic E-state index is 12.1. The van der Waals surface area contributed by atoms with Crippen molar-refractivity contribution < 1.29 is 4.79 Å². The Hall–Kier alpha value is -2.01. The minimum absolute atomic E-state index is 0.0769. The first-order valence-electron chi connectivity index (χ1n) is 7.02. The molecule has 4 N–H and O–H groups in total. The minimum atomic E-state index is -0.0769. The molecule has 0 aliphatic heterocycles. The number of aromatic amines is 1. The Balaban J connectivity index is 1.97. The molecule has 0 bridgehead atoms. The van der Waals surface area contributed by atoms with E-state index in [0.29, 0.717) is 17.9 Å². The highest BCUT2D eigenvalue weighted by Gasteiger charge is 2.09. The van der Waals surface area contributed by atoms with Gasteiger partial charge in [0.05, 0.1) is 0 Å². The van der Waals surface area contributed by atoms with Gasteiger partial charge in [-0.1, -0.05) is 13.8 Å². The van der Waals surface area contributed by atoms with E-state index in [2.05, 4.69) is 29.0 Å². The lowest BCUT2D eigenvalue weighted by molar-refractivity contribution is 0.0945. The number of rotatable bonds is 6. The number of carbonyl (C=O) groups excluding carboxylic acids is 1. The van der Waals surface area contributed by atoms with Crippen molar-refractivity contribution in [3.63, 3.8) is 0 Å². The molecule has 1 heterocycles. The number of nitrogen functional groups attached to an aromatic ring is 1. The molecule has 0 saturated heterocycles. The number of aromatic nitrogens is 1. The van der Waals surface area contributed by atoms with Gasteiger partial charge in [0.15, 0.2) is 0 Å². The third-order valence-corrected chi connectivity index (χ3v) is 3.50. The van der Waals surface area contributed by atoms with E-state index in [4.69, 9.17) is 5.73 Å². The molecule has 2 aromatic rings. The van der Waals surface area contributed by atoms with Gasteiger partial charge in [0.25, 0.3) is 5.91 Å². The lowest BCUT2D eigenvalue weighted by Gasteiger charge is -2.17. The number of fused-ring (bicyclic) bond motifs is 1. The van der Waals surface area contributed by atoms with E-state index < -0.39 is 0 Å². The smallest absolute Gasteiger partial charge is 0.267 e. The molecule has 0 aliphatic rings. The van der Waals surface area contributed by atoms with E-state index in [1.54, 1.807) is 0 Å². The standard InChI is InChI=1S/C15H22N4O/c1-3-19(4-2)8-7-17-15(20)14-10-11-9-12(16)5-6-13(11)18-14/h5-6,9-10,18H,3-4,7-8,16H2,1-2H3,(H,17,20). The van der Waals surface area contributed by atoms with Crippen LogP contribution in [0, 0.1) is 0 Å². The molecule has 0 radical (unpaired) electrons. The van der Waals surface area contributed by atoms with Crippen LogP contribution >= 0.6 is 0 Å². The van der Waals surface area contributed by atoms with Crippen molar-refractivity contribution >= 4 is 22.5 Å². The van der Waals surface area contributed by atoms with E-state index in [1.807, 2.05) is 24.3 Å². The maximum absolute atomic E-state index is 12.1. The molecule has 0 unspecified atom stereocenters. The predicted octanol–water partition coefficient (Wildman–Crippen LogP) is 1.82. The first kappa shape index (κ1) is 14.4. The van der Waals surface area contributed by atoms with Crippen molar-refractivity contribution in [3.8, 4) is 0 Å². The van der Waals surface area contributed by atoms with Gasteiger partial charge in [-0.3, -0.25) is 4.79 Å². The van der Waals surface area contributed by atoms with Gasteiger partial charge in [0.1, 0.15) is 5.69 Å². The van der Waals surface area contributed by atoms with Gasteiger partial charge < -0.3 is 20.9 Å². The number of likely N-dealkylation sites (N-methyl/N-ethyl adjacent to an activating group) is 1. The third-order valence-electron chi connectivity index (χ3n) is 3.50. The molecular formula is C15H22N4O. The highest BCUT2D eigenvalue weighted by atomic mass is 16.1. The number of hydrogen-bond acceptors (Lipinski definition) is 3. The van der Waals surface area contributed by atoms with Crippen LogP contribution in [0.25, 0.3) is 10.9 Å². The van der Waals surface area contributed by atoms with E-state index >= 15 is 0 Å². The topological polar surface area (TPSA) is 74.2 Å². The van der Waals surface area contributed by atoms with Crippen LogP contribution in [0.15, 0.2) is 24.3 Å². The summed E-state index contributed by atoms with van der Waals surface area (Å²) in [6.45, 7) is 7.75. The molecule has 0 atom stereocenters. The maximum Gasteiger partial charge on any atom is 0.267 e. The summed E-state index contributed by atoms with van der Waals surface area (Å²) < 4.78 is 0. The summed E-state index contributed by atoms with van der Waals surface area (Å²) in [6.07, 6.45) is 0. The number of anilines is 1. The Kier molecular flexibility index (Phi) is 4.63. The van der Waals surface area contributed by atoms with Crippen LogP contribution in [0.1, 0.15) is 24.3 Å². The normalized spacial score (nSPS) is 11.2. The minimum Gasteiger partial charge on any atom is -0.399 e. The number of nitrogens with one attached hydrogen (secondary N) is 2. The van der Waals surface area contributed by atoms with Gasteiger partial charge in [0, 0.05) is 29.7 Å². The molecule has 1 amide bonds. The molecule has 2 rings (SSSR count). The van der Waals surface area contributed by atoms with E-state index in [-0.39, 0.29) is 5.91 Å². The molecular weight excluding hydrogens is 252 g/mol. The Morgan fingerprint density at radius 2 is 2.05 bits per heavy atom. The van der Waals surface area contributed by atoms with Gasteiger partial charge in [-0.25, -0.2) is 0 Å². The molecule has 108 valence electrons. The fourth-order valence-electron chi connectivity index (χ4n) is 2.24. The second kappa shape index (κ2) is 6.43. The van der Waals surface area contributed by atoms with Crippen LogP contribution < -0.4 is 11.1 Å². The van der Waals surface area contributed by atoms with Crippen LogP contribution in [-0.2, 0) is 0 Å². The molecule has 1 aromatic heterocycles. The second-order valence-corrected chi connectivity index (χ2v) is 4.81. The average molecular weight is 274 g/mol. The molecule has 0 fully saturated rings. The average Bonchev–Trinajstić information content (AvgIpc) is 2.86. The van der Waals surface area contributed by atoms with Gasteiger partial charge in [-0.15, -0.1) is 0 Å². The summed E-state index contributed by atoms with van der Waals surface area (Å²) in [6, 6.07) is 7.40. The number of carbonyl (C=O) groups is 1. The zero-order valence-corrected chi connectivity index (χ0v) is 12.1. The first-order valence-corrected chi connectivity index (χ1v) is 7.02. The highest BCUT2D eigenvalue weighted by Crippen LogP contribution is 2.18. The van der Waals surface area contributed by atoms with Gasteiger partial charge >= 0.3 is 0 Å². The first-order chi connectivity index (χ1) is 9.63.